The van der Waals surface area contributed by atoms with E-state index >= 15 is 0 Å². The third kappa shape index (κ3) is 4.07. The van der Waals surface area contributed by atoms with Crippen LogP contribution in [0.25, 0.3) is 0 Å². The summed E-state index contributed by atoms with van der Waals surface area (Å²) in [4.78, 5) is 2.94. The Morgan fingerprint density at radius 1 is 1.56 bits per heavy atom. The van der Waals surface area contributed by atoms with E-state index in [1.54, 1.807) is 0 Å². The van der Waals surface area contributed by atoms with Gasteiger partial charge < -0.3 is 5.73 Å². The van der Waals surface area contributed by atoms with E-state index in [9.17, 15) is 0 Å². The summed E-state index contributed by atoms with van der Waals surface area (Å²) in [5, 5.41) is 4.47. The maximum atomic E-state index is 5.68. The minimum atomic E-state index is 0.249. The van der Waals surface area contributed by atoms with Crippen molar-refractivity contribution >= 4 is 17.2 Å². The molecule has 2 N–H and O–H groups in total. The molecule has 0 fully saturated rings. The second-order valence-corrected chi connectivity index (χ2v) is 5.21. The third-order valence-electron chi connectivity index (χ3n) is 3.24. The van der Waals surface area contributed by atoms with Gasteiger partial charge in [0.15, 0.2) is 0 Å². The second kappa shape index (κ2) is 6.85. The lowest BCUT2D eigenvalue weighted by molar-refractivity contribution is 0.257. The smallest absolute Gasteiger partial charge is 0.0768 e. The lowest BCUT2D eigenvalue weighted by Crippen LogP contribution is -2.34. The monoisotopic (exact) mass is 268 g/mol. The molecule has 1 heterocycles. The van der Waals surface area contributed by atoms with Gasteiger partial charge >= 0.3 is 0 Å². The average Bonchev–Trinajstić information content (AvgIpc) is 2.69. The Bertz CT molecular complexity index is 400. The number of thiocarbonyl (C=S) groups is 1. The van der Waals surface area contributed by atoms with Crippen LogP contribution in [0, 0.1) is 5.92 Å². The topological polar surface area (TPSA) is 47.1 Å². The Morgan fingerprint density at radius 3 is 2.67 bits per heavy atom. The predicted octanol–water partition coefficient (Wildman–Crippen LogP) is 1.73. The van der Waals surface area contributed by atoms with Gasteiger partial charge in [-0.1, -0.05) is 33.0 Å². The zero-order valence-electron chi connectivity index (χ0n) is 11.8. The Labute approximate surface area is 115 Å². The van der Waals surface area contributed by atoms with E-state index in [1.165, 1.54) is 5.69 Å². The average molecular weight is 268 g/mol. The van der Waals surface area contributed by atoms with Crippen LogP contribution < -0.4 is 5.73 Å². The first-order valence-electron chi connectivity index (χ1n) is 6.51. The van der Waals surface area contributed by atoms with Gasteiger partial charge in [-0.3, -0.25) is 9.58 Å². The molecule has 4 nitrogen and oxygen atoms in total. The first-order valence-corrected chi connectivity index (χ1v) is 6.92. The molecule has 5 heteroatoms. The molecule has 0 spiro atoms. The van der Waals surface area contributed by atoms with Crippen molar-refractivity contribution in [3.8, 4) is 0 Å². The Morgan fingerprint density at radius 2 is 2.22 bits per heavy atom. The van der Waals surface area contributed by atoms with Crippen LogP contribution in [-0.4, -0.2) is 32.8 Å². The molecule has 1 aromatic rings. The van der Waals surface area contributed by atoms with Gasteiger partial charge in [0, 0.05) is 26.1 Å². The molecule has 1 atom stereocenters. The van der Waals surface area contributed by atoms with Gasteiger partial charge in [-0.15, -0.1) is 0 Å². The molecule has 1 rings (SSSR count). The van der Waals surface area contributed by atoms with Crippen molar-refractivity contribution in [2.75, 3.05) is 13.1 Å². The van der Waals surface area contributed by atoms with Crippen LogP contribution in [-0.2, 0) is 20.0 Å². The first kappa shape index (κ1) is 15.1. The van der Waals surface area contributed by atoms with Crippen molar-refractivity contribution in [1.82, 2.24) is 14.7 Å². The minimum Gasteiger partial charge on any atom is -0.393 e. The van der Waals surface area contributed by atoms with Crippen LogP contribution >= 0.6 is 12.2 Å². The molecule has 0 saturated carbocycles. The molecule has 0 amide bonds. The van der Waals surface area contributed by atoms with Crippen molar-refractivity contribution in [2.45, 2.75) is 33.7 Å². The van der Waals surface area contributed by atoms with Crippen molar-refractivity contribution in [3.63, 3.8) is 0 Å². The van der Waals surface area contributed by atoms with Gasteiger partial charge in [0.25, 0.3) is 0 Å². The quantitative estimate of drug-likeness (QED) is 0.765. The summed E-state index contributed by atoms with van der Waals surface area (Å²) in [6.45, 7) is 9.14. The van der Waals surface area contributed by atoms with Gasteiger partial charge in [-0.2, -0.15) is 5.10 Å². The lowest BCUT2D eigenvalue weighted by Gasteiger charge is -2.23. The number of rotatable bonds is 7. The molecular weight excluding hydrogens is 244 g/mol. The summed E-state index contributed by atoms with van der Waals surface area (Å²) in [5.41, 5.74) is 8.06. The first-order chi connectivity index (χ1) is 8.47. The van der Waals surface area contributed by atoms with E-state index in [-0.39, 0.29) is 5.92 Å². The highest BCUT2D eigenvalue weighted by Crippen LogP contribution is 2.09. The van der Waals surface area contributed by atoms with Gasteiger partial charge in [0.1, 0.15) is 0 Å². The highest BCUT2D eigenvalue weighted by molar-refractivity contribution is 7.80. The van der Waals surface area contributed by atoms with E-state index in [2.05, 4.69) is 36.8 Å². The Kier molecular flexibility index (Phi) is 5.75. The van der Waals surface area contributed by atoms with Gasteiger partial charge in [0.05, 0.1) is 16.4 Å². The molecule has 0 aliphatic heterocycles. The summed E-state index contributed by atoms with van der Waals surface area (Å²) < 4.78 is 1.97. The van der Waals surface area contributed by atoms with Crippen molar-refractivity contribution in [3.05, 3.63) is 17.5 Å². The standard InChI is InChI=1S/C13H24N4S/c1-5-11-7-12(16(4)15-11)9-17(6-2)8-10(3)13(14)18/h7,10H,5-6,8-9H2,1-4H3,(H2,14,18). The molecular formula is C13H24N4S. The molecule has 0 aliphatic carbocycles. The molecule has 0 radical (unpaired) electrons. The summed E-state index contributed by atoms with van der Waals surface area (Å²) in [7, 11) is 2.00. The summed E-state index contributed by atoms with van der Waals surface area (Å²) in [6, 6.07) is 2.17. The Hall–Kier alpha value is -0.940. The van der Waals surface area contributed by atoms with Crippen LogP contribution in [0.2, 0.25) is 0 Å². The predicted molar refractivity (Wildman–Crippen MR) is 79.5 cm³/mol. The molecule has 0 aromatic carbocycles. The number of aryl methyl sites for hydroxylation is 2. The maximum absolute atomic E-state index is 5.68. The normalized spacial score (nSPS) is 12.9. The fourth-order valence-corrected chi connectivity index (χ4v) is 1.98. The molecule has 102 valence electrons. The van der Waals surface area contributed by atoms with E-state index < -0.39 is 0 Å². The van der Waals surface area contributed by atoms with Crippen LogP contribution in [0.5, 0.6) is 0 Å². The summed E-state index contributed by atoms with van der Waals surface area (Å²) in [5.74, 6) is 0.249. The van der Waals surface area contributed by atoms with Gasteiger partial charge in [-0.25, -0.2) is 0 Å². The van der Waals surface area contributed by atoms with Crippen LogP contribution in [0.1, 0.15) is 32.2 Å². The SMILES string of the molecule is CCc1cc(CN(CC)CC(C)C(N)=S)n(C)n1. The molecule has 0 aliphatic rings. The highest BCUT2D eigenvalue weighted by Gasteiger charge is 2.13. The molecule has 1 unspecified atom stereocenters. The molecule has 0 bridgehead atoms. The summed E-state index contributed by atoms with van der Waals surface area (Å²) >= 11 is 5.03. The van der Waals surface area contributed by atoms with Gasteiger partial charge in [-0.05, 0) is 19.0 Å². The zero-order chi connectivity index (χ0) is 13.7. The van der Waals surface area contributed by atoms with Crippen LogP contribution in [0.15, 0.2) is 6.07 Å². The Balaban J connectivity index is 2.67. The highest BCUT2D eigenvalue weighted by atomic mass is 32.1. The minimum absolute atomic E-state index is 0.249. The third-order valence-corrected chi connectivity index (χ3v) is 3.64. The number of nitrogens with zero attached hydrogens (tertiary/aromatic N) is 3. The molecule has 0 saturated heterocycles. The fourth-order valence-electron chi connectivity index (χ4n) is 1.90. The zero-order valence-corrected chi connectivity index (χ0v) is 12.6. The van der Waals surface area contributed by atoms with E-state index in [0.29, 0.717) is 4.99 Å². The van der Waals surface area contributed by atoms with Crippen LogP contribution in [0.4, 0.5) is 0 Å². The van der Waals surface area contributed by atoms with Gasteiger partial charge in [0.2, 0.25) is 0 Å². The second-order valence-electron chi connectivity index (χ2n) is 4.74. The lowest BCUT2D eigenvalue weighted by atomic mass is 10.1. The summed E-state index contributed by atoms with van der Waals surface area (Å²) in [6.07, 6.45) is 0.975. The van der Waals surface area contributed by atoms with E-state index in [4.69, 9.17) is 18.0 Å². The maximum Gasteiger partial charge on any atom is 0.0768 e. The molecule has 18 heavy (non-hydrogen) atoms. The van der Waals surface area contributed by atoms with Crippen molar-refractivity contribution < 1.29 is 0 Å². The van der Waals surface area contributed by atoms with E-state index in [1.807, 2.05) is 11.7 Å². The van der Waals surface area contributed by atoms with E-state index in [0.717, 1.165) is 31.7 Å². The number of nitrogens with two attached hydrogens (primary N) is 1. The largest absolute Gasteiger partial charge is 0.393 e. The fraction of sp³-hybridized carbons (Fsp3) is 0.692. The number of aromatic nitrogens is 2. The number of hydrogen-bond acceptors (Lipinski definition) is 3. The van der Waals surface area contributed by atoms with Crippen molar-refractivity contribution in [1.29, 1.82) is 0 Å². The van der Waals surface area contributed by atoms with Crippen molar-refractivity contribution in [2.24, 2.45) is 18.7 Å². The van der Waals surface area contributed by atoms with Crippen LogP contribution in [0.3, 0.4) is 0 Å². The molecule has 1 aromatic heterocycles. The number of hydrogen-bond donors (Lipinski definition) is 1.